The van der Waals surface area contributed by atoms with Gasteiger partial charge in [-0.15, -0.1) is 0 Å². The number of hydrogen-bond acceptors (Lipinski definition) is 2. The molecular formula is C14H18N2OS. The summed E-state index contributed by atoms with van der Waals surface area (Å²) in [6.45, 7) is 2.71. The fourth-order valence-corrected chi connectivity index (χ4v) is 2.92. The maximum atomic E-state index is 5.59. The van der Waals surface area contributed by atoms with Crippen LogP contribution in [0.1, 0.15) is 18.4 Å². The topological polar surface area (TPSA) is 24.5 Å². The van der Waals surface area contributed by atoms with Crippen molar-refractivity contribution < 1.29 is 4.74 Å². The molecule has 2 heterocycles. The summed E-state index contributed by atoms with van der Waals surface area (Å²) in [4.78, 5) is 2.19. The molecule has 2 aliphatic rings. The predicted octanol–water partition coefficient (Wildman–Crippen LogP) is 2.10. The van der Waals surface area contributed by atoms with E-state index in [0.717, 1.165) is 37.7 Å². The second-order valence-corrected chi connectivity index (χ2v) is 5.24. The lowest BCUT2D eigenvalue weighted by molar-refractivity contribution is 0.114. The van der Waals surface area contributed by atoms with E-state index in [1.165, 1.54) is 17.7 Å². The van der Waals surface area contributed by atoms with Crippen molar-refractivity contribution in [2.24, 2.45) is 0 Å². The molecule has 3 nitrogen and oxygen atoms in total. The van der Waals surface area contributed by atoms with Gasteiger partial charge in [-0.2, -0.15) is 0 Å². The number of nitrogens with one attached hydrogen (secondary N) is 1. The lowest BCUT2D eigenvalue weighted by Crippen LogP contribution is -2.41. The van der Waals surface area contributed by atoms with Gasteiger partial charge in [-0.1, -0.05) is 18.2 Å². The summed E-state index contributed by atoms with van der Waals surface area (Å²) in [6.07, 6.45) is 3.73. The van der Waals surface area contributed by atoms with Gasteiger partial charge < -0.3 is 15.0 Å². The van der Waals surface area contributed by atoms with E-state index in [-0.39, 0.29) is 0 Å². The summed E-state index contributed by atoms with van der Waals surface area (Å²) < 4.78 is 5.59. The van der Waals surface area contributed by atoms with Crippen molar-refractivity contribution in [3.8, 4) is 0 Å². The summed E-state index contributed by atoms with van der Waals surface area (Å²) >= 11 is 5.48. The van der Waals surface area contributed by atoms with Gasteiger partial charge in [-0.3, -0.25) is 0 Å². The van der Waals surface area contributed by atoms with Crippen LogP contribution in [0.4, 0.5) is 5.69 Å². The van der Waals surface area contributed by atoms with Gasteiger partial charge in [0.15, 0.2) is 5.11 Å². The molecule has 4 heteroatoms. The van der Waals surface area contributed by atoms with Gasteiger partial charge in [0, 0.05) is 25.4 Å². The molecule has 1 saturated heterocycles. The van der Waals surface area contributed by atoms with Crippen molar-refractivity contribution in [3.05, 3.63) is 29.8 Å². The highest BCUT2D eigenvalue weighted by molar-refractivity contribution is 7.80. The molecule has 0 amide bonds. The zero-order chi connectivity index (χ0) is 12.4. The standard InChI is InChI=1S/C14H18N2OS/c18-14(15-10-12-5-3-9-17-12)16-8-7-11-4-1-2-6-13(11)16/h1-2,4,6,12H,3,5,7-10H2,(H,15,18)/t12-/m0/s1. The van der Waals surface area contributed by atoms with Crippen LogP contribution in [0, 0.1) is 0 Å². The molecule has 0 saturated carbocycles. The number of rotatable bonds is 2. The van der Waals surface area contributed by atoms with Crippen LogP contribution in [0.25, 0.3) is 0 Å². The van der Waals surface area contributed by atoms with Crippen LogP contribution < -0.4 is 10.2 Å². The third-order valence-corrected chi connectivity index (χ3v) is 4.00. The lowest BCUT2D eigenvalue weighted by atomic mass is 10.2. The Balaban J connectivity index is 1.60. The molecule has 1 aromatic rings. The second kappa shape index (κ2) is 5.24. The van der Waals surface area contributed by atoms with E-state index in [1.807, 2.05) is 0 Å². The molecule has 1 atom stereocenters. The molecule has 1 N–H and O–H groups in total. The van der Waals surface area contributed by atoms with Gasteiger partial charge in [0.2, 0.25) is 0 Å². The summed E-state index contributed by atoms with van der Waals surface area (Å²) in [5.74, 6) is 0. The average Bonchev–Trinajstić information content (AvgIpc) is 3.05. The number of nitrogens with zero attached hydrogens (tertiary/aromatic N) is 1. The molecule has 1 fully saturated rings. The Bertz CT molecular complexity index is 443. The first-order valence-electron chi connectivity index (χ1n) is 6.59. The van der Waals surface area contributed by atoms with E-state index in [0.29, 0.717) is 6.10 Å². The summed E-state index contributed by atoms with van der Waals surface area (Å²) in [5.41, 5.74) is 2.64. The number of para-hydroxylation sites is 1. The predicted molar refractivity (Wildman–Crippen MR) is 77.1 cm³/mol. The summed E-state index contributed by atoms with van der Waals surface area (Å²) in [7, 11) is 0. The molecule has 0 aliphatic carbocycles. The van der Waals surface area contributed by atoms with Crippen LogP contribution in [-0.2, 0) is 11.2 Å². The number of ether oxygens (including phenoxy) is 1. The third kappa shape index (κ3) is 2.35. The SMILES string of the molecule is S=C(NC[C@@H]1CCCO1)N1CCc2ccccc21. The Kier molecular flexibility index (Phi) is 3.48. The van der Waals surface area contributed by atoms with E-state index in [9.17, 15) is 0 Å². The molecule has 1 aromatic carbocycles. The van der Waals surface area contributed by atoms with Crippen molar-refractivity contribution in [1.82, 2.24) is 5.32 Å². The molecule has 0 aromatic heterocycles. The van der Waals surface area contributed by atoms with Crippen LogP contribution in [0.3, 0.4) is 0 Å². The van der Waals surface area contributed by atoms with Gasteiger partial charge in [0.1, 0.15) is 0 Å². The first kappa shape index (κ1) is 11.9. The van der Waals surface area contributed by atoms with E-state index in [1.54, 1.807) is 0 Å². The second-order valence-electron chi connectivity index (χ2n) is 4.85. The van der Waals surface area contributed by atoms with Crippen LogP contribution in [-0.4, -0.2) is 30.9 Å². The normalized spacial score (nSPS) is 22.0. The highest BCUT2D eigenvalue weighted by Gasteiger charge is 2.22. The minimum Gasteiger partial charge on any atom is -0.376 e. The molecule has 18 heavy (non-hydrogen) atoms. The minimum absolute atomic E-state index is 0.334. The molecule has 0 radical (unpaired) electrons. The molecular weight excluding hydrogens is 244 g/mol. The van der Waals surface area contributed by atoms with Gasteiger partial charge in [-0.05, 0) is 43.1 Å². The van der Waals surface area contributed by atoms with E-state index >= 15 is 0 Å². The van der Waals surface area contributed by atoms with Crippen molar-refractivity contribution >= 4 is 23.0 Å². The zero-order valence-corrected chi connectivity index (χ0v) is 11.2. The van der Waals surface area contributed by atoms with Crippen molar-refractivity contribution in [2.75, 3.05) is 24.6 Å². The highest BCUT2D eigenvalue weighted by Crippen LogP contribution is 2.27. The average molecular weight is 262 g/mol. The Morgan fingerprint density at radius 3 is 3.17 bits per heavy atom. The van der Waals surface area contributed by atoms with E-state index < -0.39 is 0 Å². The number of benzene rings is 1. The number of thiocarbonyl (C=S) groups is 1. The van der Waals surface area contributed by atoms with Crippen molar-refractivity contribution in [1.29, 1.82) is 0 Å². The largest absolute Gasteiger partial charge is 0.376 e. The van der Waals surface area contributed by atoms with Crippen LogP contribution >= 0.6 is 12.2 Å². The first-order valence-corrected chi connectivity index (χ1v) is 7.00. The Labute approximate surface area is 113 Å². The molecule has 0 unspecified atom stereocenters. The van der Waals surface area contributed by atoms with E-state index in [2.05, 4.69) is 34.5 Å². The maximum absolute atomic E-state index is 5.59. The van der Waals surface area contributed by atoms with Gasteiger partial charge in [0.25, 0.3) is 0 Å². The van der Waals surface area contributed by atoms with Crippen molar-refractivity contribution in [2.45, 2.75) is 25.4 Å². The Hall–Kier alpha value is -1.13. The van der Waals surface area contributed by atoms with Gasteiger partial charge >= 0.3 is 0 Å². The molecule has 0 bridgehead atoms. The molecule has 0 spiro atoms. The molecule has 3 rings (SSSR count). The fourth-order valence-electron chi connectivity index (χ4n) is 2.65. The Morgan fingerprint density at radius 2 is 2.33 bits per heavy atom. The quantitative estimate of drug-likeness (QED) is 0.825. The first-order chi connectivity index (χ1) is 8.84. The van der Waals surface area contributed by atoms with Gasteiger partial charge in [0.05, 0.1) is 6.10 Å². The number of anilines is 1. The third-order valence-electron chi connectivity index (χ3n) is 3.64. The fraction of sp³-hybridized carbons (Fsp3) is 0.500. The smallest absolute Gasteiger partial charge is 0.173 e. The summed E-state index contributed by atoms with van der Waals surface area (Å²) in [5, 5.41) is 4.17. The van der Waals surface area contributed by atoms with E-state index in [4.69, 9.17) is 17.0 Å². The maximum Gasteiger partial charge on any atom is 0.173 e. The lowest BCUT2D eigenvalue weighted by Gasteiger charge is -2.22. The van der Waals surface area contributed by atoms with Crippen LogP contribution in [0.15, 0.2) is 24.3 Å². The Morgan fingerprint density at radius 1 is 1.44 bits per heavy atom. The van der Waals surface area contributed by atoms with Gasteiger partial charge in [-0.25, -0.2) is 0 Å². The van der Waals surface area contributed by atoms with Crippen LogP contribution in [0.2, 0.25) is 0 Å². The van der Waals surface area contributed by atoms with Crippen LogP contribution in [0.5, 0.6) is 0 Å². The molecule has 96 valence electrons. The van der Waals surface area contributed by atoms with Crippen molar-refractivity contribution in [3.63, 3.8) is 0 Å². The number of hydrogen-bond donors (Lipinski definition) is 1. The minimum atomic E-state index is 0.334. The number of fused-ring (bicyclic) bond motifs is 1. The zero-order valence-electron chi connectivity index (χ0n) is 10.4. The monoisotopic (exact) mass is 262 g/mol. The summed E-state index contributed by atoms with van der Waals surface area (Å²) in [6, 6.07) is 8.48. The molecule has 2 aliphatic heterocycles. The highest BCUT2D eigenvalue weighted by atomic mass is 32.1.